The molecule has 1 aromatic rings. The first-order valence-corrected chi connectivity index (χ1v) is 8.67. The van der Waals surface area contributed by atoms with Gasteiger partial charge in [0.2, 0.25) is 0 Å². The van der Waals surface area contributed by atoms with E-state index in [4.69, 9.17) is 9.47 Å². The quantitative estimate of drug-likeness (QED) is 0.790. The Kier molecular flexibility index (Phi) is 10.3. The van der Waals surface area contributed by atoms with Gasteiger partial charge < -0.3 is 9.47 Å². The van der Waals surface area contributed by atoms with Crippen LogP contribution in [-0.2, 0) is 4.74 Å². The third-order valence-corrected chi connectivity index (χ3v) is 3.91. The molecule has 1 fully saturated rings. The maximum absolute atomic E-state index is 11.8. The van der Waals surface area contributed by atoms with E-state index in [1.54, 1.807) is 0 Å². The van der Waals surface area contributed by atoms with Gasteiger partial charge in [-0.3, -0.25) is 10.2 Å². The van der Waals surface area contributed by atoms with Crippen LogP contribution in [0, 0.1) is 0 Å². The van der Waals surface area contributed by atoms with Gasteiger partial charge in [-0.15, -0.1) is 12.4 Å². The average molecular weight is 357 g/mol. The van der Waals surface area contributed by atoms with E-state index in [2.05, 4.69) is 17.1 Å². The van der Waals surface area contributed by atoms with Crippen molar-refractivity contribution in [3.8, 4) is 5.75 Å². The lowest BCUT2D eigenvalue weighted by Gasteiger charge is -2.19. The van der Waals surface area contributed by atoms with Gasteiger partial charge in [0, 0.05) is 12.2 Å². The Labute approximate surface area is 151 Å². The summed E-state index contributed by atoms with van der Waals surface area (Å²) in [6, 6.07) is 7.34. The molecule has 0 spiro atoms. The molecule has 0 aliphatic carbocycles. The lowest BCUT2D eigenvalue weighted by Crippen LogP contribution is -2.30. The zero-order chi connectivity index (χ0) is 16.3. The fraction of sp³-hybridized carbons (Fsp3) is 0.611. The minimum absolute atomic E-state index is 0. The highest BCUT2D eigenvalue weighted by molar-refractivity contribution is 5.85. The number of halogens is 1. The molecule has 1 aromatic carbocycles. The van der Waals surface area contributed by atoms with Crippen molar-refractivity contribution in [2.24, 2.45) is 0 Å². The van der Waals surface area contributed by atoms with E-state index >= 15 is 0 Å². The Morgan fingerprint density at radius 2 is 1.75 bits per heavy atom. The second-order valence-electron chi connectivity index (χ2n) is 5.89. The van der Waals surface area contributed by atoms with Crippen molar-refractivity contribution in [1.29, 1.82) is 0 Å². The molecule has 1 aliphatic heterocycles. The smallest absolute Gasteiger partial charge is 0.411 e. The van der Waals surface area contributed by atoms with Crippen LogP contribution in [0.15, 0.2) is 24.3 Å². The van der Waals surface area contributed by atoms with Gasteiger partial charge in [-0.25, -0.2) is 4.79 Å². The Morgan fingerprint density at radius 1 is 1.08 bits per heavy atom. The van der Waals surface area contributed by atoms with E-state index in [1.165, 1.54) is 25.7 Å². The Hall–Kier alpha value is -1.46. The molecular formula is C18H29ClN2O3. The molecular weight excluding hydrogens is 328 g/mol. The summed E-state index contributed by atoms with van der Waals surface area (Å²) >= 11 is 0. The predicted molar refractivity (Wildman–Crippen MR) is 99.4 cm³/mol. The topological polar surface area (TPSA) is 50.8 Å². The monoisotopic (exact) mass is 356 g/mol. The van der Waals surface area contributed by atoms with E-state index in [9.17, 15) is 4.79 Å². The highest BCUT2D eigenvalue weighted by Gasteiger charge is 2.10. The molecule has 1 amide bonds. The highest BCUT2D eigenvalue weighted by Crippen LogP contribution is 2.16. The Bertz CT molecular complexity index is 460. The van der Waals surface area contributed by atoms with Crippen LogP contribution in [0.1, 0.15) is 39.0 Å². The molecule has 1 N–H and O–H groups in total. The van der Waals surface area contributed by atoms with Crippen molar-refractivity contribution in [3.05, 3.63) is 24.3 Å². The second kappa shape index (κ2) is 12.0. The van der Waals surface area contributed by atoms with Crippen molar-refractivity contribution in [2.75, 3.05) is 38.2 Å². The number of benzene rings is 1. The van der Waals surface area contributed by atoms with Gasteiger partial charge in [0.1, 0.15) is 12.4 Å². The summed E-state index contributed by atoms with van der Waals surface area (Å²) < 4.78 is 10.8. The lowest BCUT2D eigenvalue weighted by atomic mass is 10.2. The van der Waals surface area contributed by atoms with Gasteiger partial charge >= 0.3 is 6.09 Å². The molecule has 0 atom stereocenters. The molecule has 1 saturated heterocycles. The number of rotatable bonds is 7. The van der Waals surface area contributed by atoms with Crippen LogP contribution >= 0.6 is 12.4 Å². The normalized spacial score (nSPS) is 15.0. The minimum atomic E-state index is -0.401. The van der Waals surface area contributed by atoms with Crippen LogP contribution < -0.4 is 10.1 Å². The van der Waals surface area contributed by atoms with E-state index in [0.717, 1.165) is 31.8 Å². The summed E-state index contributed by atoms with van der Waals surface area (Å²) in [6.07, 6.45) is 5.70. The SMILES string of the molecule is CCCOc1ccc(NC(=O)OCCN2CCCCCC2)cc1.Cl. The predicted octanol–water partition coefficient (Wildman–Crippen LogP) is 4.32. The van der Waals surface area contributed by atoms with Crippen molar-refractivity contribution in [2.45, 2.75) is 39.0 Å². The first-order chi connectivity index (χ1) is 11.3. The summed E-state index contributed by atoms with van der Waals surface area (Å²) in [5.74, 6) is 0.812. The van der Waals surface area contributed by atoms with Gasteiger partial charge in [0.05, 0.1) is 6.61 Å². The highest BCUT2D eigenvalue weighted by atomic mass is 35.5. The minimum Gasteiger partial charge on any atom is -0.494 e. The first-order valence-electron chi connectivity index (χ1n) is 8.67. The number of hydrogen-bond acceptors (Lipinski definition) is 4. The van der Waals surface area contributed by atoms with Crippen LogP contribution in [0.5, 0.6) is 5.75 Å². The first kappa shape index (κ1) is 20.6. The molecule has 0 radical (unpaired) electrons. The summed E-state index contributed by atoms with van der Waals surface area (Å²) in [6.45, 7) is 6.25. The number of anilines is 1. The molecule has 0 bridgehead atoms. The van der Waals surface area contributed by atoms with Crippen LogP contribution in [0.4, 0.5) is 10.5 Å². The number of likely N-dealkylation sites (tertiary alicyclic amines) is 1. The van der Waals surface area contributed by atoms with Crippen molar-refractivity contribution in [1.82, 2.24) is 4.90 Å². The second-order valence-corrected chi connectivity index (χ2v) is 5.89. The zero-order valence-corrected chi connectivity index (χ0v) is 15.3. The van der Waals surface area contributed by atoms with E-state index in [0.29, 0.717) is 18.9 Å². The molecule has 1 heterocycles. The van der Waals surface area contributed by atoms with Crippen LogP contribution in [0.2, 0.25) is 0 Å². The van der Waals surface area contributed by atoms with Crippen molar-refractivity contribution >= 4 is 24.2 Å². The fourth-order valence-corrected chi connectivity index (χ4v) is 2.64. The molecule has 136 valence electrons. The Balaban J connectivity index is 0.00000288. The van der Waals surface area contributed by atoms with Gasteiger partial charge in [-0.1, -0.05) is 19.8 Å². The van der Waals surface area contributed by atoms with E-state index in [1.807, 2.05) is 24.3 Å². The van der Waals surface area contributed by atoms with Crippen LogP contribution in [-0.4, -0.2) is 43.8 Å². The maximum Gasteiger partial charge on any atom is 0.411 e. The molecule has 24 heavy (non-hydrogen) atoms. The molecule has 5 nitrogen and oxygen atoms in total. The number of nitrogens with one attached hydrogen (secondary N) is 1. The van der Waals surface area contributed by atoms with Gasteiger partial charge in [0.25, 0.3) is 0 Å². The maximum atomic E-state index is 11.8. The van der Waals surface area contributed by atoms with Crippen molar-refractivity contribution in [3.63, 3.8) is 0 Å². The molecule has 0 saturated carbocycles. The van der Waals surface area contributed by atoms with Crippen LogP contribution in [0.25, 0.3) is 0 Å². The zero-order valence-electron chi connectivity index (χ0n) is 14.5. The summed E-state index contributed by atoms with van der Waals surface area (Å²) in [7, 11) is 0. The third-order valence-electron chi connectivity index (χ3n) is 3.91. The van der Waals surface area contributed by atoms with Crippen LogP contribution in [0.3, 0.4) is 0 Å². The number of amides is 1. The number of carbonyl (C=O) groups excluding carboxylic acids is 1. The molecule has 0 unspecified atom stereocenters. The van der Waals surface area contributed by atoms with Gasteiger partial charge in [-0.05, 0) is 56.6 Å². The summed E-state index contributed by atoms with van der Waals surface area (Å²) in [5, 5.41) is 2.74. The number of nitrogens with zero attached hydrogens (tertiary/aromatic N) is 1. The lowest BCUT2D eigenvalue weighted by molar-refractivity contribution is 0.140. The van der Waals surface area contributed by atoms with E-state index < -0.39 is 6.09 Å². The van der Waals surface area contributed by atoms with Crippen molar-refractivity contribution < 1.29 is 14.3 Å². The van der Waals surface area contributed by atoms with Gasteiger partial charge in [0.15, 0.2) is 0 Å². The molecule has 1 aliphatic rings. The van der Waals surface area contributed by atoms with Gasteiger partial charge in [-0.2, -0.15) is 0 Å². The third kappa shape index (κ3) is 7.88. The largest absolute Gasteiger partial charge is 0.494 e. The number of ether oxygens (including phenoxy) is 2. The Morgan fingerprint density at radius 3 is 2.38 bits per heavy atom. The summed E-state index contributed by atoms with van der Waals surface area (Å²) in [4.78, 5) is 14.2. The average Bonchev–Trinajstić information content (AvgIpc) is 2.83. The number of hydrogen-bond donors (Lipinski definition) is 1. The van der Waals surface area contributed by atoms with E-state index in [-0.39, 0.29) is 12.4 Å². The standard InChI is InChI=1S/C18H28N2O3.ClH/c1-2-14-22-17-9-7-16(8-10-17)19-18(21)23-15-13-20-11-5-3-4-6-12-20;/h7-10H,2-6,11-15H2,1H3,(H,19,21);1H. The fourth-order valence-electron chi connectivity index (χ4n) is 2.64. The molecule has 6 heteroatoms. The molecule has 2 rings (SSSR count). The summed E-state index contributed by atoms with van der Waals surface area (Å²) in [5.41, 5.74) is 0.716. The molecule has 0 aromatic heterocycles. The number of carbonyl (C=O) groups is 1.